The molecule has 0 aromatic heterocycles. The second-order valence-electron chi connectivity index (χ2n) is 5.56. The Kier molecular flexibility index (Phi) is 4.97. The second kappa shape index (κ2) is 6.72. The van der Waals surface area contributed by atoms with Gasteiger partial charge >= 0.3 is 0 Å². The lowest BCUT2D eigenvalue weighted by molar-refractivity contribution is 0.297. The zero-order valence-corrected chi connectivity index (χ0v) is 12.8. The zero-order chi connectivity index (χ0) is 15.4. The maximum atomic E-state index is 14.1. The fraction of sp³-hybridized carbons (Fsp3) is 0.333. The van der Waals surface area contributed by atoms with Crippen molar-refractivity contribution in [3.63, 3.8) is 0 Å². The van der Waals surface area contributed by atoms with Gasteiger partial charge in [-0.2, -0.15) is 0 Å². The number of rotatable bonds is 5. The molecule has 0 unspecified atom stereocenters. The minimum atomic E-state index is -0.266. The van der Waals surface area contributed by atoms with E-state index in [1.807, 2.05) is 19.1 Å². The molecule has 2 rings (SSSR count). The highest BCUT2D eigenvalue weighted by Crippen LogP contribution is 2.25. The molecule has 0 fully saturated rings. The molecule has 0 atom stereocenters. The van der Waals surface area contributed by atoms with Crippen LogP contribution in [0.3, 0.4) is 0 Å². The molecular weight excluding hydrogens is 265 g/mol. The van der Waals surface area contributed by atoms with Gasteiger partial charge < -0.3 is 10.5 Å². The van der Waals surface area contributed by atoms with Gasteiger partial charge in [0.1, 0.15) is 18.2 Å². The van der Waals surface area contributed by atoms with Crippen molar-refractivity contribution in [1.29, 1.82) is 0 Å². The molecule has 0 aliphatic heterocycles. The molecule has 0 radical (unpaired) electrons. The Balaban J connectivity index is 2.18. The summed E-state index contributed by atoms with van der Waals surface area (Å²) in [4.78, 5) is 0. The molecule has 0 saturated heterocycles. The summed E-state index contributed by atoms with van der Waals surface area (Å²) in [5.41, 5.74) is 8.84. The van der Waals surface area contributed by atoms with Gasteiger partial charge in [-0.05, 0) is 30.0 Å². The van der Waals surface area contributed by atoms with Crippen LogP contribution in [0.1, 0.15) is 42.0 Å². The van der Waals surface area contributed by atoms with Gasteiger partial charge in [0.05, 0.1) is 0 Å². The first-order chi connectivity index (χ1) is 10.0. The largest absolute Gasteiger partial charge is 0.489 e. The third-order valence-electron chi connectivity index (χ3n) is 3.64. The lowest BCUT2D eigenvalue weighted by Gasteiger charge is -2.14. The third-order valence-corrected chi connectivity index (χ3v) is 3.64. The van der Waals surface area contributed by atoms with Gasteiger partial charge in [0.2, 0.25) is 0 Å². The normalized spacial score (nSPS) is 11.0. The van der Waals surface area contributed by atoms with Crippen LogP contribution < -0.4 is 10.5 Å². The topological polar surface area (TPSA) is 35.2 Å². The fourth-order valence-corrected chi connectivity index (χ4v) is 2.19. The maximum absolute atomic E-state index is 14.1. The molecule has 21 heavy (non-hydrogen) atoms. The van der Waals surface area contributed by atoms with E-state index in [9.17, 15) is 4.39 Å². The smallest absolute Gasteiger partial charge is 0.134 e. The van der Waals surface area contributed by atoms with Crippen LogP contribution in [0.5, 0.6) is 5.75 Å². The zero-order valence-electron chi connectivity index (χ0n) is 12.8. The van der Waals surface area contributed by atoms with Crippen LogP contribution in [-0.4, -0.2) is 0 Å². The SMILES string of the molecule is Cc1ccc(C(C)C)cc1OCc1cccc(CN)c1F. The van der Waals surface area contributed by atoms with Crippen molar-refractivity contribution in [2.75, 3.05) is 0 Å². The van der Waals surface area contributed by atoms with Gasteiger partial charge in [0.15, 0.2) is 0 Å². The first-order valence-electron chi connectivity index (χ1n) is 7.22. The molecule has 0 aliphatic rings. The van der Waals surface area contributed by atoms with E-state index >= 15 is 0 Å². The first kappa shape index (κ1) is 15.5. The first-order valence-corrected chi connectivity index (χ1v) is 7.22. The Morgan fingerprint density at radius 1 is 1.14 bits per heavy atom. The summed E-state index contributed by atoms with van der Waals surface area (Å²) >= 11 is 0. The van der Waals surface area contributed by atoms with E-state index in [0.29, 0.717) is 17.0 Å². The number of hydrogen-bond donors (Lipinski definition) is 1. The summed E-state index contributed by atoms with van der Waals surface area (Å²) in [5, 5.41) is 0. The van der Waals surface area contributed by atoms with Crippen molar-refractivity contribution in [2.45, 2.75) is 39.8 Å². The van der Waals surface area contributed by atoms with E-state index in [1.165, 1.54) is 5.56 Å². The van der Waals surface area contributed by atoms with E-state index in [4.69, 9.17) is 10.5 Å². The summed E-state index contributed by atoms with van der Waals surface area (Å²) in [6.45, 7) is 6.67. The standard InChI is InChI=1S/C18H22FNO/c1-12(2)14-8-7-13(3)17(9-14)21-11-16-6-4-5-15(10-20)18(16)19/h4-9,12H,10-11,20H2,1-3H3. The molecule has 0 spiro atoms. The number of hydrogen-bond acceptors (Lipinski definition) is 2. The average Bonchev–Trinajstić information content (AvgIpc) is 2.47. The van der Waals surface area contributed by atoms with Crippen molar-refractivity contribution >= 4 is 0 Å². The molecule has 2 aromatic carbocycles. The van der Waals surface area contributed by atoms with Crippen molar-refractivity contribution in [3.05, 3.63) is 64.5 Å². The van der Waals surface area contributed by atoms with Crippen LogP contribution in [0, 0.1) is 12.7 Å². The van der Waals surface area contributed by atoms with E-state index in [-0.39, 0.29) is 19.0 Å². The van der Waals surface area contributed by atoms with E-state index in [0.717, 1.165) is 11.3 Å². The molecule has 0 heterocycles. The Morgan fingerprint density at radius 2 is 1.86 bits per heavy atom. The highest BCUT2D eigenvalue weighted by atomic mass is 19.1. The lowest BCUT2D eigenvalue weighted by Crippen LogP contribution is -2.05. The van der Waals surface area contributed by atoms with Crippen LogP contribution in [0.25, 0.3) is 0 Å². The fourth-order valence-electron chi connectivity index (χ4n) is 2.19. The number of halogens is 1. The number of benzene rings is 2. The molecule has 2 N–H and O–H groups in total. The molecule has 0 amide bonds. The van der Waals surface area contributed by atoms with Crippen molar-refractivity contribution in [3.8, 4) is 5.75 Å². The van der Waals surface area contributed by atoms with Crippen molar-refractivity contribution < 1.29 is 9.13 Å². The van der Waals surface area contributed by atoms with Gasteiger partial charge in [0, 0.05) is 17.7 Å². The van der Waals surface area contributed by atoms with Crippen LogP contribution in [0.2, 0.25) is 0 Å². The summed E-state index contributed by atoms with van der Waals surface area (Å²) in [6, 6.07) is 11.4. The van der Waals surface area contributed by atoms with Gasteiger partial charge in [-0.25, -0.2) is 4.39 Å². The van der Waals surface area contributed by atoms with Crippen LogP contribution in [0.4, 0.5) is 4.39 Å². The van der Waals surface area contributed by atoms with Crippen LogP contribution in [0.15, 0.2) is 36.4 Å². The second-order valence-corrected chi connectivity index (χ2v) is 5.56. The maximum Gasteiger partial charge on any atom is 0.134 e. The molecule has 0 bridgehead atoms. The molecule has 3 heteroatoms. The van der Waals surface area contributed by atoms with Crippen LogP contribution >= 0.6 is 0 Å². The van der Waals surface area contributed by atoms with E-state index < -0.39 is 0 Å². The number of ether oxygens (including phenoxy) is 1. The van der Waals surface area contributed by atoms with Crippen LogP contribution in [-0.2, 0) is 13.2 Å². The Bertz CT molecular complexity index is 623. The molecule has 0 aliphatic carbocycles. The summed E-state index contributed by atoms with van der Waals surface area (Å²) in [6.07, 6.45) is 0. The quantitative estimate of drug-likeness (QED) is 0.890. The molecule has 0 saturated carbocycles. The molecule has 2 aromatic rings. The molecular formula is C18H22FNO. The van der Waals surface area contributed by atoms with Crippen molar-refractivity contribution in [1.82, 2.24) is 0 Å². The Labute approximate surface area is 125 Å². The molecule has 2 nitrogen and oxygen atoms in total. The summed E-state index contributed by atoms with van der Waals surface area (Å²) in [5.74, 6) is 0.974. The number of aryl methyl sites for hydroxylation is 1. The highest BCUT2D eigenvalue weighted by molar-refractivity contribution is 5.38. The molecule has 112 valence electrons. The van der Waals surface area contributed by atoms with Gasteiger partial charge in [-0.1, -0.05) is 44.2 Å². The summed E-state index contributed by atoms with van der Waals surface area (Å²) < 4.78 is 19.9. The van der Waals surface area contributed by atoms with Crippen molar-refractivity contribution in [2.24, 2.45) is 5.73 Å². The Morgan fingerprint density at radius 3 is 2.52 bits per heavy atom. The summed E-state index contributed by atoms with van der Waals surface area (Å²) in [7, 11) is 0. The van der Waals surface area contributed by atoms with Gasteiger partial charge in [-0.15, -0.1) is 0 Å². The highest BCUT2D eigenvalue weighted by Gasteiger charge is 2.09. The minimum Gasteiger partial charge on any atom is -0.489 e. The third kappa shape index (κ3) is 3.61. The lowest BCUT2D eigenvalue weighted by atomic mass is 10.0. The predicted molar refractivity (Wildman–Crippen MR) is 83.9 cm³/mol. The van der Waals surface area contributed by atoms with Gasteiger partial charge in [0.25, 0.3) is 0 Å². The van der Waals surface area contributed by atoms with Gasteiger partial charge in [-0.3, -0.25) is 0 Å². The van der Waals surface area contributed by atoms with E-state index in [2.05, 4.69) is 19.9 Å². The average molecular weight is 287 g/mol. The monoisotopic (exact) mass is 287 g/mol. The van der Waals surface area contributed by atoms with E-state index in [1.54, 1.807) is 18.2 Å². The minimum absolute atomic E-state index is 0.196. The predicted octanol–water partition coefficient (Wildman–Crippen LogP) is 4.30. The number of nitrogens with two attached hydrogens (primary N) is 1. The Hall–Kier alpha value is -1.87.